The van der Waals surface area contributed by atoms with Crippen LogP contribution >= 0.6 is 0 Å². The van der Waals surface area contributed by atoms with Gasteiger partial charge in [0.05, 0.1) is 24.6 Å². The van der Waals surface area contributed by atoms with Crippen molar-refractivity contribution in [2.24, 2.45) is 0 Å². The highest BCUT2D eigenvalue weighted by Crippen LogP contribution is 2.32. The van der Waals surface area contributed by atoms with Gasteiger partial charge in [-0.05, 0) is 25.0 Å². The molecule has 3 aromatic heterocycles. The van der Waals surface area contributed by atoms with Crippen molar-refractivity contribution < 1.29 is 14.6 Å². The number of anilines is 2. The smallest absolute Gasteiger partial charge is 0.300 e. The summed E-state index contributed by atoms with van der Waals surface area (Å²) in [6.45, 7) is 5.09. The maximum Gasteiger partial charge on any atom is 0.300 e. The lowest BCUT2D eigenvalue weighted by molar-refractivity contribution is -0.117. The number of pyridine rings is 1. The van der Waals surface area contributed by atoms with Crippen LogP contribution in [0.5, 0.6) is 5.75 Å². The minimum absolute atomic E-state index is 0.0108. The number of fused-ring (bicyclic) bond motifs is 1. The lowest BCUT2D eigenvalue weighted by Gasteiger charge is -2.30. The van der Waals surface area contributed by atoms with Crippen molar-refractivity contribution in [3.05, 3.63) is 69.9 Å². The van der Waals surface area contributed by atoms with Gasteiger partial charge in [-0.25, -0.2) is 9.97 Å². The maximum atomic E-state index is 13.4. The summed E-state index contributed by atoms with van der Waals surface area (Å²) in [5, 5.41) is 10.9. The van der Waals surface area contributed by atoms with Gasteiger partial charge in [0, 0.05) is 50.6 Å². The number of nitrogens with one attached hydrogen (secondary N) is 1. The van der Waals surface area contributed by atoms with E-state index >= 15 is 0 Å². The van der Waals surface area contributed by atoms with Crippen LogP contribution in [0.2, 0.25) is 0 Å². The van der Waals surface area contributed by atoms with Crippen LogP contribution in [-0.4, -0.2) is 63.2 Å². The molecule has 2 saturated heterocycles. The zero-order valence-corrected chi connectivity index (χ0v) is 20.6. The summed E-state index contributed by atoms with van der Waals surface area (Å²) in [4.78, 5) is 42.2. The third-order valence-electron chi connectivity index (χ3n) is 6.98. The number of nitrogens with zero attached hydrogens (tertiary/aromatic N) is 5. The Morgan fingerprint density at radius 2 is 1.89 bits per heavy atom. The number of aryl methyl sites for hydroxylation is 1. The van der Waals surface area contributed by atoms with Crippen molar-refractivity contribution in [1.29, 1.82) is 0 Å². The van der Waals surface area contributed by atoms with E-state index in [1.807, 2.05) is 13.0 Å². The largest absolute Gasteiger partial charge is 0.501 e. The Morgan fingerprint density at radius 3 is 2.62 bits per heavy atom. The third kappa shape index (κ3) is 4.33. The van der Waals surface area contributed by atoms with E-state index in [1.54, 1.807) is 17.3 Å². The number of ether oxygens (including phenoxy) is 1. The standard InChI is InChI=1S/C27H28N6O4/c1-17-4-6-18(7-5-17)13-19-15-28-25(29-19)23-24(35)27(36)33-16-20(31-9-11-37-12-10-31)14-21(26(33)30-23)32-8-2-3-22(32)34/h4-7,14-16,35H,2-3,8-13H2,1H3,(H,28,29). The van der Waals surface area contributed by atoms with E-state index in [0.29, 0.717) is 62.8 Å². The van der Waals surface area contributed by atoms with Crippen molar-refractivity contribution in [2.75, 3.05) is 42.6 Å². The number of aromatic nitrogens is 4. The second kappa shape index (κ2) is 9.36. The summed E-state index contributed by atoms with van der Waals surface area (Å²) in [7, 11) is 0. The number of morpholine rings is 1. The van der Waals surface area contributed by atoms with Gasteiger partial charge in [0.15, 0.2) is 17.2 Å². The monoisotopic (exact) mass is 500 g/mol. The molecule has 2 N–H and O–H groups in total. The van der Waals surface area contributed by atoms with Crippen LogP contribution in [0.25, 0.3) is 17.2 Å². The molecule has 10 heteroatoms. The molecule has 2 aliphatic rings. The van der Waals surface area contributed by atoms with E-state index in [-0.39, 0.29) is 11.6 Å². The third-order valence-corrected chi connectivity index (χ3v) is 6.98. The van der Waals surface area contributed by atoms with Crippen LogP contribution in [0, 0.1) is 6.92 Å². The van der Waals surface area contributed by atoms with Crippen molar-refractivity contribution in [3.8, 4) is 17.3 Å². The highest BCUT2D eigenvalue weighted by molar-refractivity contribution is 5.99. The molecule has 2 aliphatic heterocycles. The lowest BCUT2D eigenvalue weighted by atomic mass is 10.1. The van der Waals surface area contributed by atoms with Crippen molar-refractivity contribution in [1.82, 2.24) is 19.4 Å². The van der Waals surface area contributed by atoms with Gasteiger partial charge in [-0.2, -0.15) is 0 Å². The van der Waals surface area contributed by atoms with Crippen molar-refractivity contribution in [3.63, 3.8) is 0 Å². The molecule has 2 fully saturated rings. The van der Waals surface area contributed by atoms with Crippen LogP contribution in [0.4, 0.5) is 11.4 Å². The Labute approximate surface area is 213 Å². The SMILES string of the molecule is Cc1ccc(Cc2cnc(-c3nc4c(N5CCCC5=O)cc(N5CCOCC5)cn4c(=O)c3O)[nH]2)cc1. The molecule has 0 radical (unpaired) electrons. The number of hydrogen-bond donors (Lipinski definition) is 2. The number of aromatic amines is 1. The van der Waals surface area contributed by atoms with Crippen LogP contribution in [0.3, 0.4) is 0 Å². The molecule has 0 aliphatic carbocycles. The first-order chi connectivity index (χ1) is 18.0. The molecule has 0 saturated carbocycles. The van der Waals surface area contributed by atoms with Crippen LogP contribution in [0.15, 0.2) is 47.5 Å². The number of carbonyl (C=O) groups excluding carboxylic acids is 1. The average Bonchev–Trinajstić information content (AvgIpc) is 3.56. The van der Waals surface area contributed by atoms with Gasteiger partial charge >= 0.3 is 5.56 Å². The van der Waals surface area contributed by atoms with Gasteiger partial charge in [-0.3, -0.25) is 14.0 Å². The van der Waals surface area contributed by atoms with E-state index in [4.69, 9.17) is 4.74 Å². The normalized spacial score (nSPS) is 16.2. The van der Waals surface area contributed by atoms with E-state index in [2.05, 4.69) is 44.1 Å². The number of rotatable bonds is 5. The average molecular weight is 501 g/mol. The highest BCUT2D eigenvalue weighted by atomic mass is 16.5. The molecular formula is C27H28N6O4. The number of amides is 1. The Balaban J connectivity index is 1.45. The molecular weight excluding hydrogens is 472 g/mol. The van der Waals surface area contributed by atoms with Gasteiger partial charge in [0.25, 0.3) is 0 Å². The first-order valence-electron chi connectivity index (χ1n) is 12.5. The second-order valence-corrected chi connectivity index (χ2v) is 9.56. The lowest BCUT2D eigenvalue weighted by Crippen LogP contribution is -2.37. The Morgan fingerprint density at radius 1 is 1.11 bits per heavy atom. The molecule has 1 amide bonds. The van der Waals surface area contributed by atoms with Crippen LogP contribution in [0.1, 0.15) is 29.7 Å². The zero-order valence-electron chi connectivity index (χ0n) is 20.6. The Hall–Kier alpha value is -4.18. The molecule has 0 unspecified atom stereocenters. The summed E-state index contributed by atoms with van der Waals surface area (Å²) >= 11 is 0. The van der Waals surface area contributed by atoms with Gasteiger partial charge in [0.2, 0.25) is 11.7 Å². The maximum absolute atomic E-state index is 13.4. The number of H-pyrrole nitrogens is 1. The van der Waals surface area contributed by atoms with Crippen LogP contribution < -0.4 is 15.4 Å². The molecule has 0 bridgehead atoms. The summed E-state index contributed by atoms with van der Waals surface area (Å²) in [5.74, 6) is -0.204. The minimum Gasteiger partial charge on any atom is -0.501 e. The summed E-state index contributed by atoms with van der Waals surface area (Å²) in [6.07, 6.45) is 5.17. The molecule has 4 aromatic rings. The fraction of sp³-hybridized carbons (Fsp3) is 0.333. The first-order valence-corrected chi connectivity index (χ1v) is 12.5. The van der Waals surface area contributed by atoms with Gasteiger partial charge in [0.1, 0.15) is 0 Å². The fourth-order valence-electron chi connectivity index (χ4n) is 4.96. The molecule has 37 heavy (non-hydrogen) atoms. The van der Waals surface area contributed by atoms with Gasteiger partial charge in [-0.15, -0.1) is 0 Å². The molecule has 190 valence electrons. The van der Waals surface area contributed by atoms with Gasteiger partial charge < -0.3 is 24.6 Å². The minimum atomic E-state index is -0.612. The number of benzene rings is 1. The number of imidazole rings is 1. The van der Waals surface area contributed by atoms with E-state index < -0.39 is 11.3 Å². The molecule has 5 heterocycles. The molecule has 10 nitrogen and oxygen atoms in total. The summed E-state index contributed by atoms with van der Waals surface area (Å²) in [6, 6.07) is 10.1. The van der Waals surface area contributed by atoms with E-state index in [9.17, 15) is 14.7 Å². The Bertz CT molecular complexity index is 1540. The fourth-order valence-corrected chi connectivity index (χ4v) is 4.96. The van der Waals surface area contributed by atoms with Crippen molar-refractivity contribution >= 4 is 22.9 Å². The topological polar surface area (TPSA) is 116 Å². The first kappa shape index (κ1) is 23.2. The Kier molecular flexibility index (Phi) is 5.88. The highest BCUT2D eigenvalue weighted by Gasteiger charge is 2.28. The van der Waals surface area contributed by atoms with E-state index in [0.717, 1.165) is 23.4 Å². The number of aromatic hydroxyl groups is 1. The molecule has 6 rings (SSSR count). The predicted molar refractivity (Wildman–Crippen MR) is 139 cm³/mol. The van der Waals surface area contributed by atoms with Gasteiger partial charge in [-0.1, -0.05) is 29.8 Å². The predicted octanol–water partition coefficient (Wildman–Crippen LogP) is 2.65. The second-order valence-electron chi connectivity index (χ2n) is 9.56. The molecule has 1 aromatic carbocycles. The van der Waals surface area contributed by atoms with E-state index in [1.165, 1.54) is 9.96 Å². The number of hydrogen-bond acceptors (Lipinski definition) is 7. The molecule has 0 atom stereocenters. The zero-order chi connectivity index (χ0) is 25.5. The molecule has 0 spiro atoms. The van der Waals surface area contributed by atoms with Crippen molar-refractivity contribution in [2.45, 2.75) is 26.2 Å². The quantitative estimate of drug-likeness (QED) is 0.433. The number of carbonyl (C=O) groups is 1. The summed E-state index contributed by atoms with van der Waals surface area (Å²) < 4.78 is 6.80. The van der Waals surface area contributed by atoms with Crippen LogP contribution in [-0.2, 0) is 16.0 Å². The summed E-state index contributed by atoms with van der Waals surface area (Å²) in [5.41, 5.74) is 4.22.